The molecule has 0 radical (unpaired) electrons. The first kappa shape index (κ1) is 25.1. The molecule has 9 heteroatoms. The summed E-state index contributed by atoms with van der Waals surface area (Å²) in [5, 5.41) is 0.415. The maximum atomic E-state index is 13.2. The fourth-order valence-electron chi connectivity index (χ4n) is 2.53. The monoisotopic (exact) mass is 474 g/mol. The Morgan fingerprint density at radius 3 is 2.33 bits per heavy atom. The Bertz CT molecular complexity index is 903. The molecule has 2 aromatic rings. The number of hydrogen-bond donors (Lipinski definition) is 0. The number of hydrogen-bond acceptors (Lipinski definition) is 6. The Labute approximate surface area is 184 Å². The molecule has 0 saturated heterocycles. The molecule has 1 atom stereocenters. The molecular formula is C21H28ClO6PS. The third-order valence-corrected chi connectivity index (χ3v) is 8.11. The lowest BCUT2D eigenvalue weighted by Gasteiger charge is -2.18. The molecule has 166 valence electrons. The van der Waals surface area contributed by atoms with Gasteiger partial charge in [0.15, 0.2) is 0 Å². The number of ether oxygens (including phenoxy) is 1. The van der Waals surface area contributed by atoms with Crippen LogP contribution in [0.4, 0.5) is 0 Å². The SMILES string of the molecule is CCCCOP(=O)(CCCOCc1ccccc1)COS(=O)(=O)c1ccc(Cl)cc1. The highest BCUT2D eigenvalue weighted by atomic mass is 35.5. The molecule has 0 aliphatic carbocycles. The molecule has 0 spiro atoms. The van der Waals surface area contributed by atoms with E-state index in [4.69, 9.17) is 25.0 Å². The van der Waals surface area contributed by atoms with E-state index in [1.54, 1.807) is 0 Å². The van der Waals surface area contributed by atoms with Crippen molar-refractivity contribution >= 4 is 29.1 Å². The van der Waals surface area contributed by atoms with Crippen LogP contribution in [0, 0.1) is 0 Å². The van der Waals surface area contributed by atoms with Crippen LogP contribution in [0.1, 0.15) is 31.7 Å². The first-order chi connectivity index (χ1) is 14.3. The normalized spacial score (nSPS) is 13.8. The Balaban J connectivity index is 1.88. The van der Waals surface area contributed by atoms with Gasteiger partial charge in [-0.3, -0.25) is 8.75 Å². The highest BCUT2D eigenvalue weighted by Crippen LogP contribution is 2.48. The van der Waals surface area contributed by atoms with E-state index in [0.717, 1.165) is 18.4 Å². The van der Waals surface area contributed by atoms with E-state index < -0.39 is 23.8 Å². The van der Waals surface area contributed by atoms with Crippen LogP contribution >= 0.6 is 19.0 Å². The number of benzene rings is 2. The average Bonchev–Trinajstić information content (AvgIpc) is 2.74. The minimum Gasteiger partial charge on any atom is -0.377 e. The van der Waals surface area contributed by atoms with E-state index in [1.807, 2.05) is 37.3 Å². The quantitative estimate of drug-likeness (QED) is 0.198. The smallest absolute Gasteiger partial charge is 0.297 e. The third kappa shape index (κ3) is 8.88. The molecule has 0 amide bonds. The summed E-state index contributed by atoms with van der Waals surface area (Å²) in [5.41, 5.74) is 1.05. The van der Waals surface area contributed by atoms with E-state index in [2.05, 4.69) is 0 Å². The number of rotatable bonds is 14. The molecule has 30 heavy (non-hydrogen) atoms. The molecule has 1 unspecified atom stereocenters. The highest BCUT2D eigenvalue weighted by Gasteiger charge is 2.27. The average molecular weight is 475 g/mol. The van der Waals surface area contributed by atoms with E-state index in [1.165, 1.54) is 24.3 Å². The number of unbranched alkanes of at least 4 members (excludes halogenated alkanes) is 1. The van der Waals surface area contributed by atoms with Crippen LogP contribution in [0.25, 0.3) is 0 Å². The van der Waals surface area contributed by atoms with Crippen LogP contribution < -0.4 is 0 Å². The van der Waals surface area contributed by atoms with Gasteiger partial charge in [0.1, 0.15) is 6.35 Å². The summed E-state index contributed by atoms with van der Waals surface area (Å²) in [6.07, 6.45) is 1.77. The van der Waals surface area contributed by atoms with Crippen molar-refractivity contribution in [3.63, 3.8) is 0 Å². The lowest BCUT2D eigenvalue weighted by molar-refractivity contribution is 0.121. The van der Waals surface area contributed by atoms with Crippen molar-refractivity contribution in [1.29, 1.82) is 0 Å². The molecule has 6 nitrogen and oxygen atoms in total. The Hall–Kier alpha value is -1.21. The second-order valence-electron chi connectivity index (χ2n) is 6.77. The lowest BCUT2D eigenvalue weighted by atomic mass is 10.2. The van der Waals surface area contributed by atoms with Crippen LogP contribution in [-0.2, 0) is 34.7 Å². The zero-order chi connectivity index (χ0) is 21.9. The Kier molecular flexibility index (Phi) is 10.5. The van der Waals surface area contributed by atoms with Gasteiger partial charge < -0.3 is 9.26 Å². The Morgan fingerprint density at radius 1 is 0.967 bits per heavy atom. The van der Waals surface area contributed by atoms with E-state index in [0.29, 0.717) is 31.3 Å². The standard InChI is InChI=1S/C21H28ClO6PS/c1-2-3-15-27-29(23,16-7-14-26-17-19-8-5-4-6-9-19)18-28-30(24,25)21-12-10-20(22)11-13-21/h4-6,8-13H,2-3,7,14-18H2,1H3. The summed E-state index contributed by atoms with van der Waals surface area (Å²) in [7, 11) is -7.35. The van der Waals surface area contributed by atoms with Gasteiger partial charge in [0, 0.05) is 17.8 Å². The molecule has 0 bridgehead atoms. The van der Waals surface area contributed by atoms with Gasteiger partial charge in [-0.2, -0.15) is 8.42 Å². The minimum atomic E-state index is -4.05. The van der Waals surface area contributed by atoms with Gasteiger partial charge in [0.05, 0.1) is 18.1 Å². The molecule has 0 heterocycles. The van der Waals surface area contributed by atoms with Gasteiger partial charge in [-0.15, -0.1) is 0 Å². The summed E-state index contributed by atoms with van der Waals surface area (Å²) in [6, 6.07) is 15.3. The van der Waals surface area contributed by atoms with Crippen LogP contribution in [-0.4, -0.2) is 34.1 Å². The molecule has 2 aromatic carbocycles. The van der Waals surface area contributed by atoms with Crippen LogP contribution in [0.5, 0.6) is 0 Å². The van der Waals surface area contributed by atoms with Crippen molar-refractivity contribution in [2.24, 2.45) is 0 Å². The summed E-state index contributed by atoms with van der Waals surface area (Å²) >= 11 is 5.79. The molecule has 0 saturated carbocycles. The van der Waals surface area contributed by atoms with Crippen LogP contribution in [0.15, 0.2) is 59.5 Å². The topological polar surface area (TPSA) is 78.9 Å². The molecule has 0 aliphatic heterocycles. The van der Waals surface area contributed by atoms with Crippen molar-refractivity contribution in [1.82, 2.24) is 0 Å². The maximum absolute atomic E-state index is 13.2. The van der Waals surface area contributed by atoms with E-state index >= 15 is 0 Å². The zero-order valence-corrected chi connectivity index (χ0v) is 19.5. The van der Waals surface area contributed by atoms with Crippen molar-refractivity contribution in [3.05, 3.63) is 65.2 Å². The van der Waals surface area contributed by atoms with Crippen molar-refractivity contribution in [2.45, 2.75) is 37.7 Å². The summed E-state index contributed by atoms with van der Waals surface area (Å²) in [5.74, 6) is 0. The molecule has 2 rings (SSSR count). The van der Waals surface area contributed by atoms with Crippen molar-refractivity contribution in [3.8, 4) is 0 Å². The summed E-state index contributed by atoms with van der Waals surface area (Å²) in [6.45, 7) is 3.14. The van der Waals surface area contributed by atoms with Crippen molar-refractivity contribution in [2.75, 3.05) is 25.7 Å². The largest absolute Gasteiger partial charge is 0.377 e. The lowest BCUT2D eigenvalue weighted by Crippen LogP contribution is -2.12. The van der Waals surface area contributed by atoms with E-state index in [-0.39, 0.29) is 11.1 Å². The maximum Gasteiger partial charge on any atom is 0.297 e. The van der Waals surface area contributed by atoms with Gasteiger partial charge in [-0.05, 0) is 42.7 Å². The molecular weight excluding hydrogens is 447 g/mol. The highest BCUT2D eigenvalue weighted by molar-refractivity contribution is 7.87. The second-order valence-corrected chi connectivity index (χ2v) is 11.4. The predicted octanol–water partition coefficient (Wildman–Crippen LogP) is 5.70. The first-order valence-corrected chi connectivity index (χ1v) is 13.6. The van der Waals surface area contributed by atoms with Crippen LogP contribution in [0.3, 0.4) is 0 Å². The number of halogens is 1. The van der Waals surface area contributed by atoms with Gasteiger partial charge in [0.2, 0.25) is 7.37 Å². The van der Waals surface area contributed by atoms with Crippen molar-refractivity contribution < 1.29 is 26.4 Å². The fourth-order valence-corrected chi connectivity index (χ4v) is 5.87. The van der Waals surface area contributed by atoms with Gasteiger partial charge in [-0.25, -0.2) is 0 Å². The van der Waals surface area contributed by atoms with Crippen LogP contribution in [0.2, 0.25) is 5.02 Å². The molecule has 0 aliphatic rings. The molecule has 0 fully saturated rings. The third-order valence-electron chi connectivity index (χ3n) is 4.23. The van der Waals surface area contributed by atoms with Gasteiger partial charge in [-0.1, -0.05) is 55.3 Å². The second kappa shape index (κ2) is 12.6. The summed E-state index contributed by atoms with van der Waals surface area (Å²) in [4.78, 5) is -0.0433. The predicted molar refractivity (Wildman–Crippen MR) is 119 cm³/mol. The van der Waals surface area contributed by atoms with E-state index in [9.17, 15) is 13.0 Å². The molecule has 0 N–H and O–H groups in total. The molecule has 0 aromatic heterocycles. The fraction of sp³-hybridized carbons (Fsp3) is 0.429. The van der Waals surface area contributed by atoms with Gasteiger partial charge >= 0.3 is 0 Å². The minimum absolute atomic E-state index is 0.0433. The van der Waals surface area contributed by atoms with Gasteiger partial charge in [0.25, 0.3) is 10.1 Å². The first-order valence-electron chi connectivity index (χ1n) is 9.84. The summed E-state index contributed by atoms with van der Waals surface area (Å²) < 4.78 is 54.2. The zero-order valence-electron chi connectivity index (χ0n) is 17.0. The Morgan fingerprint density at radius 2 is 1.67 bits per heavy atom.